The number of phenolic OH excluding ortho intramolecular Hbond substituents is 1. The molecule has 0 aliphatic carbocycles. The summed E-state index contributed by atoms with van der Waals surface area (Å²) in [5.41, 5.74) is 2.34. The molecule has 0 aliphatic rings. The Labute approximate surface area is 267 Å². The number of carbonyl (C=O) groups excluding carboxylic acids is 4. The Morgan fingerprint density at radius 2 is 1.43 bits per heavy atom. The van der Waals surface area contributed by atoms with Gasteiger partial charge in [-0.25, -0.2) is 9.59 Å². The average Bonchev–Trinajstić information content (AvgIpc) is 3.42. The molecule has 46 heavy (non-hydrogen) atoms. The van der Waals surface area contributed by atoms with E-state index in [1.54, 1.807) is 39.1 Å². The highest BCUT2D eigenvalue weighted by molar-refractivity contribution is 5.93. The highest BCUT2D eigenvalue weighted by Crippen LogP contribution is 2.20. The molecular weight excluding hydrogens is 588 g/mol. The maximum Gasteiger partial charge on any atom is 0.408 e. The molecule has 0 aliphatic heterocycles. The highest BCUT2D eigenvalue weighted by atomic mass is 16.6. The van der Waals surface area contributed by atoms with Gasteiger partial charge in [0.1, 0.15) is 36.1 Å². The first-order chi connectivity index (χ1) is 21.9. The third kappa shape index (κ3) is 9.85. The second kappa shape index (κ2) is 15.1. The minimum Gasteiger partial charge on any atom is -0.508 e. The number of amides is 3. The Morgan fingerprint density at radius 3 is 2.13 bits per heavy atom. The molecule has 11 nitrogen and oxygen atoms in total. The van der Waals surface area contributed by atoms with Crippen molar-refractivity contribution < 1.29 is 33.8 Å². The SMILES string of the molecule is C[C@H](NC(=O)OC(C)(C)C)C(=O)N[C@@H](Cc1ccc(O)cc1)C(=O)N[C@@H](Cc1c[nH]c2ccccc12)C(=O)OCc1ccccc1. The van der Waals surface area contributed by atoms with Crippen LogP contribution in [-0.4, -0.2) is 57.7 Å². The minimum absolute atomic E-state index is 0.0153. The number of benzene rings is 3. The summed E-state index contributed by atoms with van der Waals surface area (Å²) in [7, 11) is 0. The monoisotopic (exact) mass is 628 g/mol. The van der Waals surface area contributed by atoms with Crippen LogP contribution < -0.4 is 16.0 Å². The largest absolute Gasteiger partial charge is 0.508 e. The first kappa shape index (κ1) is 33.6. The predicted molar refractivity (Wildman–Crippen MR) is 173 cm³/mol. The number of aromatic amines is 1. The van der Waals surface area contributed by atoms with E-state index in [-0.39, 0.29) is 25.2 Å². The fraction of sp³-hybridized carbons (Fsp3) is 0.314. The zero-order chi connectivity index (χ0) is 33.3. The van der Waals surface area contributed by atoms with Gasteiger partial charge < -0.3 is 35.5 Å². The van der Waals surface area contributed by atoms with E-state index in [2.05, 4.69) is 20.9 Å². The van der Waals surface area contributed by atoms with Crippen LogP contribution in [0.1, 0.15) is 44.4 Å². The molecule has 3 atom stereocenters. The summed E-state index contributed by atoms with van der Waals surface area (Å²) in [4.78, 5) is 56.0. The molecule has 0 fully saturated rings. The van der Waals surface area contributed by atoms with E-state index in [9.17, 15) is 24.3 Å². The van der Waals surface area contributed by atoms with Gasteiger partial charge in [0.05, 0.1) is 0 Å². The molecule has 0 saturated carbocycles. The van der Waals surface area contributed by atoms with Crippen LogP contribution in [-0.2, 0) is 43.3 Å². The standard InChI is InChI=1S/C35H40N4O7/c1-22(37-34(44)46-35(2,3)4)31(41)38-29(18-23-14-16-26(40)17-15-23)32(42)39-30(33(43)45-21-24-10-6-5-7-11-24)19-25-20-36-28-13-9-8-12-27(25)28/h5-17,20,22,29-30,36,40H,18-19,21H2,1-4H3,(H,37,44)(H,38,41)(H,39,42)/t22-,29-,30-/m0/s1. The molecule has 4 aromatic rings. The lowest BCUT2D eigenvalue weighted by Crippen LogP contribution is -2.56. The number of ether oxygens (including phenoxy) is 2. The van der Waals surface area contributed by atoms with Gasteiger partial charge in [-0.3, -0.25) is 9.59 Å². The number of esters is 1. The van der Waals surface area contributed by atoms with Crippen molar-refractivity contribution in [1.29, 1.82) is 0 Å². The fourth-order valence-electron chi connectivity index (χ4n) is 4.74. The van der Waals surface area contributed by atoms with Crippen LogP contribution >= 0.6 is 0 Å². The van der Waals surface area contributed by atoms with Crippen LogP contribution in [0.4, 0.5) is 4.79 Å². The van der Waals surface area contributed by atoms with Crippen molar-refractivity contribution >= 4 is 34.8 Å². The number of phenols is 1. The average molecular weight is 629 g/mol. The Bertz CT molecular complexity index is 1640. The van der Waals surface area contributed by atoms with Gasteiger partial charge in [0.25, 0.3) is 0 Å². The topological polar surface area (TPSA) is 159 Å². The van der Waals surface area contributed by atoms with Crippen molar-refractivity contribution in [3.05, 3.63) is 102 Å². The van der Waals surface area contributed by atoms with Crippen molar-refractivity contribution in [3.8, 4) is 5.75 Å². The van der Waals surface area contributed by atoms with Crippen molar-refractivity contribution in [1.82, 2.24) is 20.9 Å². The molecule has 1 heterocycles. The summed E-state index contributed by atoms with van der Waals surface area (Å²) in [5, 5.41) is 18.6. The number of aromatic nitrogens is 1. The summed E-state index contributed by atoms with van der Waals surface area (Å²) in [6, 6.07) is 19.7. The van der Waals surface area contributed by atoms with Crippen LogP contribution in [0.3, 0.4) is 0 Å². The Hall–Kier alpha value is -5.32. The van der Waals surface area contributed by atoms with Gasteiger partial charge in [-0.15, -0.1) is 0 Å². The van der Waals surface area contributed by atoms with Gasteiger partial charge in [0.15, 0.2) is 0 Å². The number of hydrogen-bond acceptors (Lipinski definition) is 7. The molecule has 11 heteroatoms. The summed E-state index contributed by atoms with van der Waals surface area (Å²) < 4.78 is 10.9. The second-order valence-corrected chi connectivity index (χ2v) is 12.0. The van der Waals surface area contributed by atoms with Crippen LogP contribution in [0.5, 0.6) is 5.75 Å². The van der Waals surface area contributed by atoms with E-state index in [1.807, 2.05) is 54.6 Å². The zero-order valence-corrected chi connectivity index (χ0v) is 26.3. The Morgan fingerprint density at radius 1 is 0.783 bits per heavy atom. The molecular formula is C35H40N4O7. The third-order valence-electron chi connectivity index (χ3n) is 7.06. The summed E-state index contributed by atoms with van der Waals surface area (Å²) in [5.74, 6) is -1.86. The fourth-order valence-corrected chi connectivity index (χ4v) is 4.74. The molecule has 0 spiro atoms. The van der Waals surface area contributed by atoms with Crippen molar-refractivity contribution in [3.63, 3.8) is 0 Å². The number of aromatic hydroxyl groups is 1. The van der Waals surface area contributed by atoms with E-state index < -0.39 is 47.6 Å². The molecule has 0 saturated heterocycles. The van der Waals surface area contributed by atoms with Crippen LogP contribution in [0.2, 0.25) is 0 Å². The van der Waals surface area contributed by atoms with E-state index in [0.717, 1.165) is 22.0 Å². The van der Waals surface area contributed by atoms with Crippen LogP contribution in [0, 0.1) is 0 Å². The van der Waals surface area contributed by atoms with Gasteiger partial charge in [0.2, 0.25) is 11.8 Å². The molecule has 0 unspecified atom stereocenters. The lowest BCUT2D eigenvalue weighted by Gasteiger charge is -2.25. The molecule has 1 aromatic heterocycles. The number of carbonyl (C=O) groups is 4. The first-order valence-electron chi connectivity index (χ1n) is 15.0. The van der Waals surface area contributed by atoms with E-state index >= 15 is 0 Å². The van der Waals surface area contributed by atoms with Crippen molar-refractivity contribution in [2.24, 2.45) is 0 Å². The number of hydrogen-bond donors (Lipinski definition) is 5. The van der Waals surface area contributed by atoms with Gasteiger partial charge in [0, 0.05) is 29.9 Å². The minimum atomic E-state index is -1.15. The quantitative estimate of drug-likeness (QED) is 0.146. The molecule has 3 amide bonds. The zero-order valence-electron chi connectivity index (χ0n) is 26.3. The maximum absolute atomic E-state index is 13.9. The van der Waals surface area contributed by atoms with Crippen molar-refractivity contribution in [2.75, 3.05) is 0 Å². The smallest absolute Gasteiger partial charge is 0.408 e. The van der Waals surface area contributed by atoms with Crippen LogP contribution in [0.25, 0.3) is 10.9 Å². The molecule has 4 rings (SSSR count). The number of rotatable bonds is 12. The molecule has 242 valence electrons. The van der Waals surface area contributed by atoms with Gasteiger partial charge in [-0.05, 0) is 62.6 Å². The second-order valence-electron chi connectivity index (χ2n) is 12.0. The van der Waals surface area contributed by atoms with Gasteiger partial charge in [-0.2, -0.15) is 0 Å². The number of para-hydroxylation sites is 1. The van der Waals surface area contributed by atoms with E-state index in [1.165, 1.54) is 19.1 Å². The van der Waals surface area contributed by atoms with Gasteiger partial charge >= 0.3 is 12.1 Å². The predicted octanol–water partition coefficient (Wildman–Crippen LogP) is 4.28. The Kier molecular flexibility index (Phi) is 11.0. The van der Waals surface area contributed by atoms with Gasteiger partial charge in [-0.1, -0.05) is 60.7 Å². The summed E-state index contributed by atoms with van der Waals surface area (Å²) in [6.45, 7) is 6.59. The normalized spacial score (nSPS) is 13.2. The lowest BCUT2D eigenvalue weighted by atomic mass is 10.0. The number of fused-ring (bicyclic) bond motifs is 1. The molecule has 0 bridgehead atoms. The van der Waals surface area contributed by atoms with E-state index in [4.69, 9.17) is 9.47 Å². The number of alkyl carbamates (subject to hydrolysis) is 1. The lowest BCUT2D eigenvalue weighted by molar-refractivity contribution is -0.149. The van der Waals surface area contributed by atoms with Crippen molar-refractivity contribution in [2.45, 2.75) is 70.9 Å². The molecule has 3 aromatic carbocycles. The van der Waals surface area contributed by atoms with E-state index in [0.29, 0.717) is 5.56 Å². The highest BCUT2D eigenvalue weighted by Gasteiger charge is 2.31. The molecule has 0 radical (unpaired) electrons. The van der Waals surface area contributed by atoms with Crippen LogP contribution in [0.15, 0.2) is 85.1 Å². The number of H-pyrrole nitrogens is 1. The summed E-state index contributed by atoms with van der Waals surface area (Å²) >= 11 is 0. The number of nitrogens with one attached hydrogen (secondary N) is 4. The Balaban J connectivity index is 1.55. The maximum atomic E-state index is 13.9. The first-order valence-corrected chi connectivity index (χ1v) is 15.0. The summed E-state index contributed by atoms with van der Waals surface area (Å²) in [6.07, 6.45) is 1.17. The third-order valence-corrected chi connectivity index (χ3v) is 7.06. The molecule has 5 N–H and O–H groups in total.